The van der Waals surface area contributed by atoms with Gasteiger partial charge in [0.1, 0.15) is 12.6 Å². The highest BCUT2D eigenvalue weighted by Crippen LogP contribution is 2.19. The molecule has 162 valence electrons. The van der Waals surface area contributed by atoms with Crippen LogP contribution in [0, 0.1) is 5.92 Å². The van der Waals surface area contributed by atoms with Crippen LogP contribution in [0.15, 0.2) is 0 Å². The maximum Gasteiger partial charge on any atom is 0.326 e. The SMILES string of the molecule is CCCCN1CC(O)CC(O)C1COC(=O)CCC(=O)NC(C(=O)O)C(C)C. The fraction of sp³-hybridized carbons (Fsp3) is 0.842. The summed E-state index contributed by atoms with van der Waals surface area (Å²) in [5, 5.41) is 31.5. The Kier molecular flexibility index (Phi) is 10.4. The Bertz CT molecular complexity index is 526. The lowest BCUT2D eigenvalue weighted by Gasteiger charge is -2.40. The minimum atomic E-state index is -1.12. The van der Waals surface area contributed by atoms with Crippen molar-refractivity contribution in [2.24, 2.45) is 5.92 Å². The molecule has 4 unspecified atom stereocenters. The average Bonchev–Trinajstić information content (AvgIpc) is 2.61. The molecule has 1 aliphatic heterocycles. The highest BCUT2D eigenvalue weighted by molar-refractivity contribution is 5.85. The van der Waals surface area contributed by atoms with Crippen LogP contribution in [0.5, 0.6) is 0 Å². The summed E-state index contributed by atoms with van der Waals surface area (Å²) in [5.41, 5.74) is 0. The second kappa shape index (κ2) is 12.0. The van der Waals surface area contributed by atoms with E-state index in [2.05, 4.69) is 5.32 Å². The monoisotopic (exact) mass is 402 g/mol. The molecule has 0 aromatic carbocycles. The predicted octanol–water partition coefficient (Wildman–Crippen LogP) is 0.131. The Morgan fingerprint density at radius 2 is 1.89 bits per heavy atom. The zero-order chi connectivity index (χ0) is 21.3. The third-order valence-electron chi connectivity index (χ3n) is 4.89. The van der Waals surface area contributed by atoms with Crippen molar-refractivity contribution < 1.29 is 34.4 Å². The molecule has 0 spiro atoms. The molecule has 0 bridgehead atoms. The van der Waals surface area contributed by atoms with Crippen LogP contribution in [-0.2, 0) is 19.1 Å². The second-order valence-electron chi connectivity index (χ2n) is 7.68. The van der Waals surface area contributed by atoms with Crippen molar-refractivity contribution in [3.63, 3.8) is 0 Å². The molecular weight excluding hydrogens is 368 g/mol. The first-order valence-corrected chi connectivity index (χ1v) is 9.93. The Morgan fingerprint density at radius 1 is 1.21 bits per heavy atom. The summed E-state index contributed by atoms with van der Waals surface area (Å²) >= 11 is 0. The molecule has 9 nitrogen and oxygen atoms in total. The van der Waals surface area contributed by atoms with Crippen molar-refractivity contribution in [1.82, 2.24) is 10.2 Å². The lowest BCUT2D eigenvalue weighted by atomic mass is 9.97. The maximum absolute atomic E-state index is 12.0. The summed E-state index contributed by atoms with van der Waals surface area (Å²) in [5.74, 6) is -2.50. The summed E-state index contributed by atoms with van der Waals surface area (Å²) in [6.45, 7) is 6.52. The number of piperidine rings is 1. The van der Waals surface area contributed by atoms with Crippen molar-refractivity contribution >= 4 is 17.8 Å². The van der Waals surface area contributed by atoms with Crippen molar-refractivity contribution in [3.8, 4) is 0 Å². The summed E-state index contributed by atoms with van der Waals surface area (Å²) in [7, 11) is 0. The van der Waals surface area contributed by atoms with E-state index >= 15 is 0 Å². The van der Waals surface area contributed by atoms with E-state index in [0.29, 0.717) is 13.1 Å². The van der Waals surface area contributed by atoms with Gasteiger partial charge in [-0.25, -0.2) is 4.79 Å². The van der Waals surface area contributed by atoms with E-state index < -0.39 is 36.1 Å². The van der Waals surface area contributed by atoms with Gasteiger partial charge in [0.15, 0.2) is 0 Å². The number of nitrogens with zero attached hydrogens (tertiary/aromatic N) is 1. The standard InChI is InChI=1S/C19H34N2O7/c1-4-5-8-21-10-13(22)9-15(23)14(21)11-28-17(25)7-6-16(24)20-18(12(2)3)19(26)27/h12-15,18,22-23H,4-11H2,1-3H3,(H,20,24)(H,26,27). The molecule has 9 heteroatoms. The largest absolute Gasteiger partial charge is 0.480 e. The molecule has 4 atom stereocenters. The first-order valence-electron chi connectivity index (χ1n) is 9.93. The molecule has 1 amide bonds. The summed E-state index contributed by atoms with van der Waals surface area (Å²) in [6, 6.07) is -1.38. The quantitative estimate of drug-likeness (QED) is 0.358. The van der Waals surface area contributed by atoms with E-state index in [4.69, 9.17) is 9.84 Å². The number of carboxylic acids is 1. The van der Waals surface area contributed by atoms with Gasteiger partial charge in [0.25, 0.3) is 0 Å². The number of hydrogen-bond donors (Lipinski definition) is 4. The molecule has 1 fully saturated rings. The number of ether oxygens (including phenoxy) is 1. The van der Waals surface area contributed by atoms with Gasteiger partial charge in [0.05, 0.1) is 24.7 Å². The molecule has 0 saturated carbocycles. The van der Waals surface area contributed by atoms with Crippen LogP contribution < -0.4 is 5.32 Å². The maximum atomic E-state index is 12.0. The van der Waals surface area contributed by atoms with Gasteiger partial charge in [-0.05, 0) is 18.9 Å². The van der Waals surface area contributed by atoms with Crippen LogP contribution in [0.3, 0.4) is 0 Å². The van der Waals surface area contributed by atoms with Gasteiger partial charge in [0, 0.05) is 19.4 Å². The number of aliphatic hydroxyl groups excluding tert-OH is 2. The van der Waals surface area contributed by atoms with Crippen molar-refractivity contribution in [2.45, 2.75) is 77.2 Å². The average molecular weight is 402 g/mol. The molecule has 4 N–H and O–H groups in total. The number of amides is 1. The number of carboxylic acid groups (broad SMARTS) is 1. The summed E-state index contributed by atoms with van der Waals surface area (Å²) < 4.78 is 5.23. The fourth-order valence-electron chi connectivity index (χ4n) is 3.22. The molecule has 0 radical (unpaired) electrons. The number of hydrogen-bond acceptors (Lipinski definition) is 7. The number of unbranched alkanes of at least 4 members (excludes halogenated alkanes) is 1. The highest BCUT2D eigenvalue weighted by atomic mass is 16.5. The third-order valence-corrected chi connectivity index (χ3v) is 4.89. The van der Waals surface area contributed by atoms with Crippen LogP contribution in [-0.4, -0.2) is 82.1 Å². The zero-order valence-corrected chi connectivity index (χ0v) is 17.0. The summed E-state index contributed by atoms with van der Waals surface area (Å²) in [6.07, 6.45) is 0.379. The number of carbonyl (C=O) groups excluding carboxylic acids is 2. The van der Waals surface area contributed by atoms with Crippen molar-refractivity contribution in [1.29, 1.82) is 0 Å². The number of likely N-dealkylation sites (tertiary alicyclic amines) is 1. The van der Waals surface area contributed by atoms with Crippen LogP contribution in [0.25, 0.3) is 0 Å². The molecular formula is C19H34N2O7. The molecule has 1 saturated heterocycles. The molecule has 0 aromatic rings. The first kappa shape index (κ1) is 24.3. The molecule has 0 aromatic heterocycles. The Labute approximate surface area is 166 Å². The topological polar surface area (TPSA) is 136 Å². The normalized spacial score (nSPS) is 24.0. The van der Waals surface area contributed by atoms with E-state index in [1.54, 1.807) is 13.8 Å². The van der Waals surface area contributed by atoms with Gasteiger partial charge in [-0.2, -0.15) is 0 Å². The number of carbonyl (C=O) groups is 3. The zero-order valence-electron chi connectivity index (χ0n) is 17.0. The Morgan fingerprint density at radius 3 is 2.46 bits per heavy atom. The molecule has 28 heavy (non-hydrogen) atoms. The van der Waals surface area contributed by atoms with Gasteiger partial charge in [0.2, 0.25) is 5.91 Å². The van der Waals surface area contributed by atoms with Gasteiger partial charge in [-0.3, -0.25) is 14.5 Å². The van der Waals surface area contributed by atoms with Gasteiger partial charge >= 0.3 is 11.9 Å². The minimum Gasteiger partial charge on any atom is -0.480 e. The number of esters is 1. The number of nitrogens with one attached hydrogen (secondary N) is 1. The molecule has 0 aliphatic carbocycles. The van der Waals surface area contributed by atoms with Crippen LogP contribution in [0.1, 0.15) is 52.9 Å². The van der Waals surface area contributed by atoms with Gasteiger partial charge in [-0.15, -0.1) is 0 Å². The smallest absolute Gasteiger partial charge is 0.326 e. The number of rotatable bonds is 11. The van der Waals surface area contributed by atoms with Crippen LogP contribution in [0.4, 0.5) is 0 Å². The predicted molar refractivity (Wildman–Crippen MR) is 101 cm³/mol. The van der Waals surface area contributed by atoms with Crippen molar-refractivity contribution in [2.75, 3.05) is 19.7 Å². The van der Waals surface area contributed by atoms with Gasteiger partial charge < -0.3 is 25.4 Å². The first-order chi connectivity index (χ1) is 13.1. The molecule has 1 aliphatic rings. The number of aliphatic hydroxyl groups is 2. The lowest BCUT2D eigenvalue weighted by Crippen LogP contribution is -2.55. The third kappa shape index (κ3) is 8.12. The van der Waals surface area contributed by atoms with Gasteiger partial charge in [-0.1, -0.05) is 27.2 Å². The van der Waals surface area contributed by atoms with E-state index in [-0.39, 0.29) is 37.8 Å². The van der Waals surface area contributed by atoms with E-state index in [9.17, 15) is 24.6 Å². The Hall–Kier alpha value is -1.71. The lowest BCUT2D eigenvalue weighted by molar-refractivity contribution is -0.150. The van der Waals surface area contributed by atoms with E-state index in [0.717, 1.165) is 12.8 Å². The molecule has 1 heterocycles. The fourth-order valence-corrected chi connectivity index (χ4v) is 3.22. The number of aliphatic carboxylic acids is 1. The highest BCUT2D eigenvalue weighted by Gasteiger charge is 2.35. The summed E-state index contributed by atoms with van der Waals surface area (Å²) in [4.78, 5) is 36.9. The van der Waals surface area contributed by atoms with Crippen LogP contribution >= 0.6 is 0 Å². The van der Waals surface area contributed by atoms with E-state index in [1.807, 2.05) is 11.8 Å². The van der Waals surface area contributed by atoms with Crippen molar-refractivity contribution in [3.05, 3.63) is 0 Å². The van der Waals surface area contributed by atoms with E-state index in [1.165, 1.54) is 0 Å². The minimum absolute atomic E-state index is 0.0121. The Balaban J connectivity index is 2.45. The van der Waals surface area contributed by atoms with Crippen LogP contribution in [0.2, 0.25) is 0 Å². The number of β-amino-alcohol motifs (C(OH)–C–C–N with tert-alkyl or cyclic N) is 1. The second-order valence-corrected chi connectivity index (χ2v) is 7.68. The molecule has 1 rings (SSSR count).